The van der Waals surface area contributed by atoms with E-state index in [-0.39, 0.29) is 18.1 Å². The molecule has 0 spiro atoms. The third kappa shape index (κ3) is 3.26. The fourth-order valence-electron chi connectivity index (χ4n) is 2.09. The number of nitrogens with zero attached hydrogens (tertiary/aromatic N) is 1. The number of aryl methyl sites for hydroxylation is 1. The molecule has 1 saturated heterocycles. The van der Waals surface area contributed by atoms with Crippen LogP contribution in [0.2, 0.25) is 5.02 Å². The van der Waals surface area contributed by atoms with Crippen molar-refractivity contribution in [3.8, 4) is 0 Å². The van der Waals surface area contributed by atoms with Gasteiger partial charge < -0.3 is 15.4 Å². The molecule has 2 unspecified atom stereocenters. The number of nitrogens with two attached hydrogens (primary N) is 1. The summed E-state index contributed by atoms with van der Waals surface area (Å²) in [6.45, 7) is 5.45. The zero-order chi connectivity index (χ0) is 14.0. The molecule has 1 aromatic rings. The minimum Gasteiger partial charge on any atom is -0.373 e. The maximum absolute atomic E-state index is 12.4. The van der Waals surface area contributed by atoms with Crippen molar-refractivity contribution in [1.82, 2.24) is 4.90 Å². The Labute approximate surface area is 118 Å². The van der Waals surface area contributed by atoms with Crippen LogP contribution in [-0.2, 0) is 4.74 Å². The molecule has 5 heteroatoms. The molecule has 2 atom stereocenters. The number of carbonyl (C=O) groups excluding carboxylic acids is 1. The Kier molecular flexibility index (Phi) is 4.45. The number of halogens is 1. The van der Waals surface area contributed by atoms with Crippen molar-refractivity contribution in [3.05, 3.63) is 34.3 Å². The van der Waals surface area contributed by atoms with Gasteiger partial charge in [0, 0.05) is 29.7 Å². The summed E-state index contributed by atoms with van der Waals surface area (Å²) in [5, 5.41) is 0.614. The third-order valence-electron chi connectivity index (χ3n) is 3.39. The van der Waals surface area contributed by atoms with Crippen molar-refractivity contribution >= 4 is 17.5 Å². The molecular formula is C14H19ClN2O2. The lowest BCUT2D eigenvalue weighted by Gasteiger charge is -2.34. The number of rotatable bonds is 2. The molecule has 1 heterocycles. The van der Waals surface area contributed by atoms with E-state index in [9.17, 15) is 4.79 Å². The molecule has 0 aromatic heterocycles. The molecule has 2 rings (SSSR count). The summed E-state index contributed by atoms with van der Waals surface area (Å²) in [5.74, 6) is -0.0177. The standard InChI is InChI=1S/C14H19ClN2O2/c1-9-3-4-11(7-12(9)15)14(18)17-5-6-19-13(8-17)10(2)16/h3-4,7,10,13H,5-6,8,16H2,1-2H3. The first-order chi connectivity index (χ1) is 8.99. The van der Waals surface area contributed by atoms with Gasteiger partial charge in [-0.15, -0.1) is 0 Å². The van der Waals surface area contributed by atoms with Gasteiger partial charge in [-0.05, 0) is 31.5 Å². The fraction of sp³-hybridized carbons (Fsp3) is 0.500. The largest absolute Gasteiger partial charge is 0.373 e. The highest BCUT2D eigenvalue weighted by atomic mass is 35.5. The summed E-state index contributed by atoms with van der Waals surface area (Å²) < 4.78 is 5.55. The van der Waals surface area contributed by atoms with Gasteiger partial charge >= 0.3 is 0 Å². The van der Waals surface area contributed by atoms with Crippen LogP contribution in [0, 0.1) is 6.92 Å². The number of carbonyl (C=O) groups is 1. The van der Waals surface area contributed by atoms with Gasteiger partial charge in [-0.1, -0.05) is 17.7 Å². The average Bonchev–Trinajstić information content (AvgIpc) is 2.41. The number of hydrogen-bond donors (Lipinski definition) is 1. The van der Waals surface area contributed by atoms with Crippen molar-refractivity contribution in [1.29, 1.82) is 0 Å². The summed E-state index contributed by atoms with van der Waals surface area (Å²) >= 11 is 6.06. The van der Waals surface area contributed by atoms with E-state index in [1.807, 2.05) is 19.9 Å². The van der Waals surface area contributed by atoms with Crippen molar-refractivity contribution in [2.24, 2.45) is 5.73 Å². The molecule has 1 aliphatic heterocycles. The summed E-state index contributed by atoms with van der Waals surface area (Å²) in [4.78, 5) is 14.2. The van der Waals surface area contributed by atoms with Gasteiger partial charge in [0.05, 0.1) is 12.7 Å². The topological polar surface area (TPSA) is 55.6 Å². The Balaban J connectivity index is 2.12. The lowest BCUT2D eigenvalue weighted by Crippen LogP contribution is -2.51. The molecule has 1 amide bonds. The van der Waals surface area contributed by atoms with Gasteiger partial charge in [0.1, 0.15) is 0 Å². The van der Waals surface area contributed by atoms with Crippen molar-refractivity contribution in [2.75, 3.05) is 19.7 Å². The Morgan fingerprint density at radius 3 is 2.95 bits per heavy atom. The first-order valence-corrected chi connectivity index (χ1v) is 6.79. The molecule has 2 N–H and O–H groups in total. The van der Waals surface area contributed by atoms with Crippen LogP contribution in [0.5, 0.6) is 0 Å². The maximum atomic E-state index is 12.4. The van der Waals surface area contributed by atoms with E-state index in [0.717, 1.165) is 5.56 Å². The van der Waals surface area contributed by atoms with E-state index in [2.05, 4.69) is 0 Å². The Morgan fingerprint density at radius 1 is 1.58 bits per heavy atom. The lowest BCUT2D eigenvalue weighted by molar-refractivity contribution is -0.0300. The molecule has 0 aliphatic carbocycles. The second-order valence-electron chi connectivity index (χ2n) is 4.98. The molecule has 1 aromatic carbocycles. The lowest BCUT2D eigenvalue weighted by atomic mass is 10.1. The first-order valence-electron chi connectivity index (χ1n) is 6.41. The molecule has 0 saturated carbocycles. The first kappa shape index (κ1) is 14.3. The number of ether oxygens (including phenoxy) is 1. The second-order valence-corrected chi connectivity index (χ2v) is 5.39. The van der Waals surface area contributed by atoms with Crippen LogP contribution in [0.4, 0.5) is 0 Å². The minimum absolute atomic E-state index is 0.0177. The highest BCUT2D eigenvalue weighted by Gasteiger charge is 2.27. The predicted octanol–water partition coefficient (Wildman–Crippen LogP) is 1.84. The van der Waals surface area contributed by atoms with Crippen molar-refractivity contribution in [2.45, 2.75) is 26.0 Å². The van der Waals surface area contributed by atoms with Crippen LogP contribution in [0.15, 0.2) is 18.2 Å². The van der Waals surface area contributed by atoms with Gasteiger partial charge in [-0.3, -0.25) is 4.79 Å². The quantitative estimate of drug-likeness (QED) is 0.900. The molecule has 0 radical (unpaired) electrons. The molecule has 104 valence electrons. The minimum atomic E-state index is -0.0985. The van der Waals surface area contributed by atoms with E-state index in [0.29, 0.717) is 30.3 Å². The van der Waals surface area contributed by atoms with E-state index in [1.54, 1.807) is 17.0 Å². The molecule has 1 fully saturated rings. The zero-order valence-electron chi connectivity index (χ0n) is 11.2. The van der Waals surface area contributed by atoms with Gasteiger partial charge in [0.15, 0.2) is 0 Å². The normalized spacial score (nSPS) is 21.3. The third-order valence-corrected chi connectivity index (χ3v) is 3.79. The Hall–Kier alpha value is -1.10. The summed E-state index contributed by atoms with van der Waals surface area (Å²) in [5.41, 5.74) is 7.41. The van der Waals surface area contributed by atoms with Crippen molar-refractivity contribution < 1.29 is 9.53 Å². The van der Waals surface area contributed by atoms with Crippen LogP contribution in [0.1, 0.15) is 22.8 Å². The highest BCUT2D eigenvalue weighted by molar-refractivity contribution is 6.31. The fourth-order valence-corrected chi connectivity index (χ4v) is 2.27. The molecule has 19 heavy (non-hydrogen) atoms. The Bertz CT molecular complexity index is 477. The van der Waals surface area contributed by atoms with Crippen LogP contribution < -0.4 is 5.73 Å². The van der Waals surface area contributed by atoms with Gasteiger partial charge in [-0.25, -0.2) is 0 Å². The van der Waals surface area contributed by atoms with Crippen molar-refractivity contribution in [3.63, 3.8) is 0 Å². The van der Waals surface area contributed by atoms with E-state index >= 15 is 0 Å². The number of amides is 1. The van der Waals surface area contributed by atoms with Crippen LogP contribution in [-0.4, -0.2) is 42.6 Å². The predicted molar refractivity (Wildman–Crippen MR) is 75.5 cm³/mol. The summed E-state index contributed by atoms with van der Waals surface area (Å²) in [6, 6.07) is 5.30. The van der Waals surface area contributed by atoms with Crippen LogP contribution in [0.3, 0.4) is 0 Å². The summed E-state index contributed by atoms with van der Waals surface area (Å²) in [7, 11) is 0. The van der Waals surface area contributed by atoms with Gasteiger partial charge in [0.25, 0.3) is 5.91 Å². The van der Waals surface area contributed by atoms with E-state index < -0.39 is 0 Å². The second kappa shape index (κ2) is 5.90. The van der Waals surface area contributed by atoms with Gasteiger partial charge in [-0.2, -0.15) is 0 Å². The molecule has 0 bridgehead atoms. The number of morpholine rings is 1. The summed E-state index contributed by atoms with van der Waals surface area (Å²) in [6.07, 6.45) is -0.0985. The number of benzene rings is 1. The Morgan fingerprint density at radius 2 is 2.32 bits per heavy atom. The molecule has 4 nitrogen and oxygen atoms in total. The monoisotopic (exact) mass is 282 g/mol. The highest BCUT2D eigenvalue weighted by Crippen LogP contribution is 2.19. The van der Waals surface area contributed by atoms with Crippen LogP contribution >= 0.6 is 11.6 Å². The molecule has 1 aliphatic rings. The average molecular weight is 283 g/mol. The van der Waals surface area contributed by atoms with Crippen LogP contribution in [0.25, 0.3) is 0 Å². The number of hydrogen-bond acceptors (Lipinski definition) is 3. The molecular weight excluding hydrogens is 264 g/mol. The zero-order valence-corrected chi connectivity index (χ0v) is 12.0. The van der Waals surface area contributed by atoms with E-state index in [4.69, 9.17) is 22.1 Å². The maximum Gasteiger partial charge on any atom is 0.254 e. The van der Waals surface area contributed by atoms with Gasteiger partial charge in [0.2, 0.25) is 0 Å². The smallest absolute Gasteiger partial charge is 0.254 e. The SMILES string of the molecule is Cc1ccc(C(=O)N2CCOC(C(C)N)C2)cc1Cl. The van der Waals surface area contributed by atoms with E-state index in [1.165, 1.54) is 0 Å².